The van der Waals surface area contributed by atoms with Crippen LogP contribution in [0.2, 0.25) is 0 Å². The molecular formula is C24H25N3O4S. The van der Waals surface area contributed by atoms with Crippen LogP contribution >= 0.6 is 11.3 Å². The van der Waals surface area contributed by atoms with E-state index in [-0.39, 0.29) is 17.7 Å². The van der Waals surface area contributed by atoms with Crippen molar-refractivity contribution in [1.82, 2.24) is 15.3 Å². The highest BCUT2D eigenvalue weighted by molar-refractivity contribution is 7.17. The van der Waals surface area contributed by atoms with Gasteiger partial charge in [0.15, 0.2) is 0 Å². The Labute approximate surface area is 189 Å². The summed E-state index contributed by atoms with van der Waals surface area (Å²) in [5.41, 5.74) is 2.80. The Morgan fingerprint density at radius 2 is 2.28 bits per heavy atom. The Morgan fingerprint density at radius 3 is 3.06 bits per heavy atom. The van der Waals surface area contributed by atoms with E-state index in [0.29, 0.717) is 35.0 Å². The van der Waals surface area contributed by atoms with Crippen LogP contribution in [0.3, 0.4) is 0 Å². The van der Waals surface area contributed by atoms with Gasteiger partial charge in [0.05, 0.1) is 24.3 Å². The van der Waals surface area contributed by atoms with Crippen molar-refractivity contribution in [2.24, 2.45) is 0 Å². The Kier molecular flexibility index (Phi) is 5.48. The number of rotatable bonds is 7. The standard InChI is InChI=1S/C24H25N3O4S/c1-4-29-19-9-15-8-13(2)31-20(15)10-16(19)11-25-14(3)22-26-23(28)21-17(12-32-24(21)27-22)18-6-5-7-30-18/h5-7,9-10,12-14,25H,4,8,11H2,1-3H3,(H,26,27,28)/t13-,14+/m1/s1. The van der Waals surface area contributed by atoms with E-state index in [4.69, 9.17) is 18.9 Å². The maximum absolute atomic E-state index is 12.9. The van der Waals surface area contributed by atoms with E-state index in [0.717, 1.165) is 29.0 Å². The van der Waals surface area contributed by atoms with Crippen molar-refractivity contribution in [3.05, 3.63) is 63.2 Å². The van der Waals surface area contributed by atoms with Gasteiger partial charge in [0.2, 0.25) is 0 Å². The third-order valence-electron chi connectivity index (χ3n) is 5.64. The van der Waals surface area contributed by atoms with Crippen molar-refractivity contribution < 1.29 is 13.9 Å². The predicted octanol–water partition coefficient (Wildman–Crippen LogP) is 4.82. The van der Waals surface area contributed by atoms with Crippen molar-refractivity contribution in [2.75, 3.05) is 6.61 Å². The zero-order valence-electron chi connectivity index (χ0n) is 18.2. The molecule has 0 amide bonds. The number of ether oxygens (including phenoxy) is 2. The van der Waals surface area contributed by atoms with Gasteiger partial charge in [-0.25, -0.2) is 4.98 Å². The minimum atomic E-state index is -0.166. The number of furan rings is 1. The number of hydrogen-bond acceptors (Lipinski definition) is 7. The van der Waals surface area contributed by atoms with Gasteiger partial charge in [-0.1, -0.05) is 0 Å². The van der Waals surface area contributed by atoms with Gasteiger partial charge in [0, 0.05) is 35.0 Å². The minimum Gasteiger partial charge on any atom is -0.494 e. The molecule has 7 nitrogen and oxygen atoms in total. The van der Waals surface area contributed by atoms with Crippen molar-refractivity contribution in [3.8, 4) is 22.8 Å². The molecule has 8 heteroatoms. The summed E-state index contributed by atoms with van der Waals surface area (Å²) >= 11 is 1.44. The van der Waals surface area contributed by atoms with E-state index in [1.165, 1.54) is 16.9 Å². The van der Waals surface area contributed by atoms with Crippen molar-refractivity contribution in [1.29, 1.82) is 0 Å². The summed E-state index contributed by atoms with van der Waals surface area (Å²) in [5.74, 6) is 3.04. The summed E-state index contributed by atoms with van der Waals surface area (Å²) in [5, 5.41) is 5.93. The fraction of sp³-hybridized carbons (Fsp3) is 0.333. The molecule has 2 atom stereocenters. The van der Waals surface area contributed by atoms with Crippen LogP contribution in [0.15, 0.2) is 45.1 Å². The molecule has 3 aromatic heterocycles. The molecule has 0 spiro atoms. The normalized spacial score (nSPS) is 16.2. The first-order valence-corrected chi connectivity index (χ1v) is 11.7. The zero-order chi connectivity index (χ0) is 22.2. The highest BCUT2D eigenvalue weighted by atomic mass is 32.1. The molecule has 166 valence electrons. The highest BCUT2D eigenvalue weighted by Gasteiger charge is 2.22. The Hall–Kier alpha value is -3.10. The molecule has 0 fully saturated rings. The second-order valence-corrected chi connectivity index (χ2v) is 8.85. The molecule has 1 aliphatic rings. The van der Waals surface area contributed by atoms with E-state index in [1.807, 2.05) is 31.4 Å². The Balaban J connectivity index is 1.38. The summed E-state index contributed by atoms with van der Waals surface area (Å²) < 4.78 is 17.3. The van der Waals surface area contributed by atoms with Gasteiger partial charge < -0.3 is 24.2 Å². The number of hydrogen-bond donors (Lipinski definition) is 2. The molecule has 0 bridgehead atoms. The highest BCUT2D eigenvalue weighted by Crippen LogP contribution is 2.35. The number of fused-ring (bicyclic) bond motifs is 2. The van der Waals surface area contributed by atoms with E-state index >= 15 is 0 Å². The van der Waals surface area contributed by atoms with E-state index in [2.05, 4.69) is 29.4 Å². The Bertz CT molecular complexity index is 1310. The van der Waals surface area contributed by atoms with Crippen LogP contribution in [0.5, 0.6) is 11.5 Å². The summed E-state index contributed by atoms with van der Waals surface area (Å²) in [6.45, 7) is 7.19. The topological polar surface area (TPSA) is 89.4 Å². The molecule has 0 aliphatic carbocycles. The second-order valence-electron chi connectivity index (χ2n) is 7.99. The first-order valence-electron chi connectivity index (χ1n) is 10.8. The largest absolute Gasteiger partial charge is 0.494 e. The second kappa shape index (κ2) is 8.44. The van der Waals surface area contributed by atoms with Gasteiger partial charge >= 0.3 is 0 Å². The van der Waals surface area contributed by atoms with Gasteiger partial charge in [-0.05, 0) is 45.0 Å². The molecule has 4 aromatic rings. The molecule has 0 saturated carbocycles. The summed E-state index contributed by atoms with van der Waals surface area (Å²) in [4.78, 5) is 21.2. The van der Waals surface area contributed by atoms with Crippen LogP contribution < -0.4 is 20.3 Å². The van der Waals surface area contributed by atoms with E-state index in [9.17, 15) is 4.79 Å². The van der Waals surface area contributed by atoms with Gasteiger partial charge in [-0.2, -0.15) is 0 Å². The summed E-state index contributed by atoms with van der Waals surface area (Å²) in [6.07, 6.45) is 2.67. The fourth-order valence-corrected chi connectivity index (χ4v) is 4.99. The first kappa shape index (κ1) is 20.8. The third kappa shape index (κ3) is 3.80. The van der Waals surface area contributed by atoms with Gasteiger partial charge in [0.25, 0.3) is 5.56 Å². The molecule has 1 aliphatic heterocycles. The van der Waals surface area contributed by atoms with Gasteiger partial charge in [-0.15, -0.1) is 11.3 Å². The van der Waals surface area contributed by atoms with Crippen molar-refractivity contribution in [2.45, 2.75) is 45.9 Å². The molecule has 0 saturated heterocycles. The lowest BCUT2D eigenvalue weighted by atomic mass is 10.1. The molecule has 0 unspecified atom stereocenters. The van der Waals surface area contributed by atoms with Gasteiger partial charge in [0.1, 0.15) is 34.0 Å². The number of benzene rings is 1. The fourth-order valence-electron chi connectivity index (χ4n) is 4.05. The van der Waals surface area contributed by atoms with E-state index < -0.39 is 0 Å². The lowest BCUT2D eigenvalue weighted by Gasteiger charge is -2.16. The number of H-pyrrole nitrogens is 1. The molecule has 5 rings (SSSR count). The average molecular weight is 452 g/mol. The number of aromatic amines is 1. The summed E-state index contributed by atoms with van der Waals surface area (Å²) in [6, 6.07) is 7.62. The van der Waals surface area contributed by atoms with Crippen LogP contribution in [-0.2, 0) is 13.0 Å². The maximum atomic E-state index is 12.9. The average Bonchev–Trinajstić information content (AvgIpc) is 3.50. The molecule has 32 heavy (non-hydrogen) atoms. The number of thiophene rings is 1. The van der Waals surface area contributed by atoms with Crippen molar-refractivity contribution >= 4 is 21.6 Å². The van der Waals surface area contributed by atoms with Crippen molar-refractivity contribution in [3.63, 3.8) is 0 Å². The third-order valence-corrected chi connectivity index (χ3v) is 6.51. The van der Waals surface area contributed by atoms with Gasteiger partial charge in [-0.3, -0.25) is 4.79 Å². The van der Waals surface area contributed by atoms with Crippen LogP contribution in [0.25, 0.3) is 21.5 Å². The molecule has 1 aromatic carbocycles. The summed E-state index contributed by atoms with van der Waals surface area (Å²) in [7, 11) is 0. The van der Waals surface area contributed by atoms with Crippen LogP contribution in [0.1, 0.15) is 43.8 Å². The zero-order valence-corrected chi connectivity index (χ0v) is 19.0. The number of nitrogens with one attached hydrogen (secondary N) is 2. The number of aromatic nitrogens is 2. The minimum absolute atomic E-state index is 0.163. The molecule has 4 heterocycles. The van der Waals surface area contributed by atoms with Crippen LogP contribution in [-0.4, -0.2) is 22.7 Å². The molecule has 2 N–H and O–H groups in total. The lowest BCUT2D eigenvalue weighted by Crippen LogP contribution is -2.23. The quantitative estimate of drug-likeness (QED) is 0.419. The van der Waals surface area contributed by atoms with E-state index in [1.54, 1.807) is 6.26 Å². The van der Waals surface area contributed by atoms with Crippen LogP contribution in [0, 0.1) is 0 Å². The molecular weight excluding hydrogens is 426 g/mol. The molecule has 0 radical (unpaired) electrons. The maximum Gasteiger partial charge on any atom is 0.260 e. The van der Waals surface area contributed by atoms with Crippen LogP contribution in [0.4, 0.5) is 0 Å². The Morgan fingerprint density at radius 1 is 1.41 bits per heavy atom. The smallest absolute Gasteiger partial charge is 0.260 e. The predicted molar refractivity (Wildman–Crippen MR) is 125 cm³/mol. The first-order chi connectivity index (χ1) is 15.5. The monoisotopic (exact) mass is 451 g/mol. The SMILES string of the molecule is CCOc1cc2c(cc1CN[C@@H](C)c1nc3scc(-c4ccco4)c3c(=O)[nH]1)O[C@H](C)C2. The number of nitrogens with zero attached hydrogens (tertiary/aromatic N) is 1. The lowest BCUT2D eigenvalue weighted by molar-refractivity contribution is 0.254.